The summed E-state index contributed by atoms with van der Waals surface area (Å²) >= 11 is 0. The lowest BCUT2D eigenvalue weighted by Crippen LogP contribution is -2.30. The Bertz CT molecular complexity index is 548. The Morgan fingerprint density at radius 2 is 2.35 bits per heavy atom. The van der Waals surface area contributed by atoms with E-state index in [0.717, 1.165) is 19.6 Å². The minimum absolute atomic E-state index is 0.398. The van der Waals surface area contributed by atoms with Crippen LogP contribution in [0.5, 0.6) is 0 Å². The Morgan fingerprint density at radius 3 is 3.20 bits per heavy atom. The van der Waals surface area contributed by atoms with Crippen LogP contribution in [0.2, 0.25) is 0 Å². The van der Waals surface area contributed by atoms with Crippen LogP contribution >= 0.6 is 0 Å². The van der Waals surface area contributed by atoms with Crippen molar-refractivity contribution in [3.63, 3.8) is 0 Å². The van der Waals surface area contributed by atoms with E-state index in [4.69, 9.17) is 0 Å². The summed E-state index contributed by atoms with van der Waals surface area (Å²) in [5.41, 5.74) is 4.17. The van der Waals surface area contributed by atoms with E-state index >= 15 is 0 Å². The second-order valence-corrected chi connectivity index (χ2v) is 5.49. The molecule has 0 saturated carbocycles. The van der Waals surface area contributed by atoms with Crippen LogP contribution in [0.4, 0.5) is 5.69 Å². The summed E-state index contributed by atoms with van der Waals surface area (Å²) in [5, 5.41) is 11.4. The number of anilines is 1. The van der Waals surface area contributed by atoms with Gasteiger partial charge >= 0.3 is 0 Å². The molecule has 0 saturated heterocycles. The first-order valence-corrected chi connectivity index (χ1v) is 7.38. The smallest absolute Gasteiger partial charge is 0.0560 e. The highest BCUT2D eigenvalue weighted by molar-refractivity contribution is 5.59. The third-order valence-corrected chi connectivity index (χ3v) is 3.82. The lowest BCUT2D eigenvalue weighted by atomic mass is 9.99. The van der Waals surface area contributed by atoms with Gasteiger partial charge in [-0.1, -0.05) is 18.2 Å². The number of hydrogen-bond donors (Lipinski definition) is 2. The molecule has 2 N–H and O–H groups in total. The summed E-state index contributed by atoms with van der Waals surface area (Å²) in [4.78, 5) is 0. The van der Waals surface area contributed by atoms with Crippen LogP contribution in [-0.2, 0) is 19.5 Å². The molecule has 1 aliphatic heterocycles. The van der Waals surface area contributed by atoms with Gasteiger partial charge in [-0.15, -0.1) is 0 Å². The first-order chi connectivity index (χ1) is 9.83. The fraction of sp³-hybridized carbons (Fsp3) is 0.438. The summed E-state index contributed by atoms with van der Waals surface area (Å²) < 4.78 is 1.97. The van der Waals surface area contributed by atoms with Crippen molar-refractivity contribution in [2.75, 3.05) is 11.9 Å². The molecule has 1 aliphatic rings. The molecular formula is C16H22N4. The van der Waals surface area contributed by atoms with E-state index < -0.39 is 0 Å². The molecule has 2 heterocycles. The van der Waals surface area contributed by atoms with E-state index in [2.05, 4.69) is 40.9 Å². The number of aryl methyl sites for hydroxylation is 1. The van der Waals surface area contributed by atoms with Crippen LogP contribution in [0.15, 0.2) is 36.7 Å². The summed E-state index contributed by atoms with van der Waals surface area (Å²) in [6, 6.07) is 8.98. The highest BCUT2D eigenvalue weighted by Gasteiger charge is 2.12. The third kappa shape index (κ3) is 3.02. The molecule has 0 spiro atoms. The molecule has 4 nitrogen and oxygen atoms in total. The van der Waals surface area contributed by atoms with Crippen LogP contribution in [0.25, 0.3) is 0 Å². The van der Waals surface area contributed by atoms with Gasteiger partial charge in [0.1, 0.15) is 0 Å². The third-order valence-electron chi connectivity index (χ3n) is 3.82. The van der Waals surface area contributed by atoms with Gasteiger partial charge in [-0.25, -0.2) is 0 Å². The fourth-order valence-corrected chi connectivity index (χ4v) is 2.77. The zero-order chi connectivity index (χ0) is 13.8. The van der Waals surface area contributed by atoms with Crippen LogP contribution < -0.4 is 10.6 Å². The highest BCUT2D eigenvalue weighted by Crippen LogP contribution is 2.25. The molecule has 20 heavy (non-hydrogen) atoms. The number of nitrogens with one attached hydrogen (secondary N) is 2. The minimum Gasteiger partial charge on any atom is -0.385 e. The Labute approximate surface area is 120 Å². The number of para-hydroxylation sites is 1. The van der Waals surface area contributed by atoms with E-state index in [-0.39, 0.29) is 0 Å². The lowest BCUT2D eigenvalue weighted by molar-refractivity contribution is 0.451. The number of nitrogens with zero attached hydrogens (tertiary/aromatic N) is 2. The highest BCUT2D eigenvalue weighted by atomic mass is 15.3. The number of fused-ring (bicyclic) bond motifs is 1. The average Bonchev–Trinajstić information content (AvgIpc) is 2.98. The predicted octanol–water partition coefficient (Wildman–Crippen LogP) is 2.42. The molecule has 0 bridgehead atoms. The van der Waals surface area contributed by atoms with Gasteiger partial charge in [-0.3, -0.25) is 4.68 Å². The number of aromatic nitrogens is 2. The standard InChI is InChI=1S/C16H22N4/c1-13(12-20-10-4-9-19-20)18-11-15-6-2-5-14-7-3-8-17-16(14)15/h2,4-6,9-10,13,17-18H,3,7-8,11-12H2,1H3. The van der Waals surface area contributed by atoms with Gasteiger partial charge in [0.05, 0.1) is 6.54 Å². The van der Waals surface area contributed by atoms with E-state index in [1.807, 2.05) is 23.1 Å². The number of hydrogen-bond acceptors (Lipinski definition) is 3. The van der Waals surface area contributed by atoms with Crippen molar-refractivity contribution in [1.29, 1.82) is 0 Å². The minimum atomic E-state index is 0.398. The Balaban J connectivity index is 1.61. The summed E-state index contributed by atoms with van der Waals surface area (Å²) in [6.45, 7) is 5.09. The average molecular weight is 270 g/mol. The zero-order valence-corrected chi connectivity index (χ0v) is 12.0. The largest absolute Gasteiger partial charge is 0.385 e. The van der Waals surface area contributed by atoms with Crippen molar-refractivity contribution in [2.45, 2.75) is 38.9 Å². The maximum Gasteiger partial charge on any atom is 0.0560 e. The molecule has 2 aromatic rings. The van der Waals surface area contributed by atoms with Crippen molar-refractivity contribution in [3.05, 3.63) is 47.8 Å². The maximum absolute atomic E-state index is 4.25. The zero-order valence-electron chi connectivity index (χ0n) is 12.0. The Hall–Kier alpha value is -1.81. The molecule has 3 rings (SSSR count). The molecule has 0 amide bonds. The topological polar surface area (TPSA) is 41.9 Å². The van der Waals surface area contributed by atoms with Crippen molar-refractivity contribution < 1.29 is 0 Å². The van der Waals surface area contributed by atoms with Crippen molar-refractivity contribution in [1.82, 2.24) is 15.1 Å². The molecule has 1 aromatic heterocycles. The predicted molar refractivity (Wildman–Crippen MR) is 81.8 cm³/mol. The monoisotopic (exact) mass is 270 g/mol. The molecule has 0 aliphatic carbocycles. The fourth-order valence-electron chi connectivity index (χ4n) is 2.77. The Morgan fingerprint density at radius 1 is 1.40 bits per heavy atom. The molecule has 1 aromatic carbocycles. The maximum atomic E-state index is 4.25. The van der Waals surface area contributed by atoms with E-state index in [1.165, 1.54) is 29.7 Å². The molecule has 1 atom stereocenters. The van der Waals surface area contributed by atoms with Crippen LogP contribution in [0.3, 0.4) is 0 Å². The van der Waals surface area contributed by atoms with Gasteiger partial charge in [-0.05, 0) is 37.0 Å². The first-order valence-electron chi connectivity index (χ1n) is 7.38. The van der Waals surface area contributed by atoms with Crippen molar-refractivity contribution >= 4 is 5.69 Å². The van der Waals surface area contributed by atoms with Gasteiger partial charge in [-0.2, -0.15) is 5.10 Å². The molecule has 0 radical (unpaired) electrons. The summed E-state index contributed by atoms with van der Waals surface area (Å²) in [6.07, 6.45) is 6.26. The quantitative estimate of drug-likeness (QED) is 0.877. The van der Waals surface area contributed by atoms with Crippen molar-refractivity contribution in [3.8, 4) is 0 Å². The van der Waals surface area contributed by atoms with Crippen LogP contribution in [0.1, 0.15) is 24.5 Å². The van der Waals surface area contributed by atoms with E-state index in [0.29, 0.717) is 6.04 Å². The SMILES string of the molecule is CC(Cn1cccn1)NCc1cccc2c1NCCC2. The van der Waals surface area contributed by atoms with Gasteiger partial charge in [0.25, 0.3) is 0 Å². The molecule has 1 unspecified atom stereocenters. The lowest BCUT2D eigenvalue weighted by Gasteiger charge is -2.22. The second-order valence-electron chi connectivity index (χ2n) is 5.49. The number of benzene rings is 1. The second kappa shape index (κ2) is 6.09. The molecule has 0 fully saturated rings. The molecule has 106 valence electrons. The van der Waals surface area contributed by atoms with Gasteiger partial charge in [0, 0.05) is 37.2 Å². The first kappa shape index (κ1) is 13.2. The summed E-state index contributed by atoms with van der Waals surface area (Å²) in [7, 11) is 0. The molecular weight excluding hydrogens is 248 g/mol. The van der Waals surface area contributed by atoms with Crippen LogP contribution in [-0.4, -0.2) is 22.4 Å². The van der Waals surface area contributed by atoms with Gasteiger partial charge < -0.3 is 10.6 Å². The Kier molecular flexibility index (Phi) is 4.02. The van der Waals surface area contributed by atoms with Crippen LogP contribution in [0, 0.1) is 0 Å². The van der Waals surface area contributed by atoms with Gasteiger partial charge in [0.2, 0.25) is 0 Å². The normalized spacial score (nSPS) is 15.4. The molecule has 4 heteroatoms. The van der Waals surface area contributed by atoms with Gasteiger partial charge in [0.15, 0.2) is 0 Å². The summed E-state index contributed by atoms with van der Waals surface area (Å²) in [5.74, 6) is 0. The van der Waals surface area contributed by atoms with E-state index in [1.54, 1.807) is 0 Å². The van der Waals surface area contributed by atoms with Crippen molar-refractivity contribution in [2.24, 2.45) is 0 Å². The van der Waals surface area contributed by atoms with E-state index in [9.17, 15) is 0 Å². The number of rotatable bonds is 5.